The Morgan fingerprint density at radius 3 is 2.71 bits per heavy atom. The number of rotatable bonds is 5. The van der Waals surface area contributed by atoms with E-state index in [0.29, 0.717) is 17.8 Å². The van der Waals surface area contributed by atoms with E-state index < -0.39 is 0 Å². The first-order chi connectivity index (χ1) is 6.63. The molecule has 1 unspecified atom stereocenters. The third kappa shape index (κ3) is 2.99. The molecule has 0 aliphatic carbocycles. The van der Waals surface area contributed by atoms with Gasteiger partial charge in [-0.3, -0.25) is 4.68 Å². The van der Waals surface area contributed by atoms with Crippen LogP contribution in [0, 0.1) is 11.8 Å². The van der Waals surface area contributed by atoms with Crippen molar-refractivity contribution in [2.24, 2.45) is 11.8 Å². The van der Waals surface area contributed by atoms with Gasteiger partial charge in [-0.25, -0.2) is 4.98 Å². The summed E-state index contributed by atoms with van der Waals surface area (Å²) in [5.41, 5.74) is 5.43. The molecule has 0 aliphatic rings. The highest BCUT2D eigenvalue weighted by molar-refractivity contribution is 5.09. The quantitative estimate of drug-likeness (QED) is 0.759. The number of methoxy groups -OCH3 is 1. The molecule has 0 aliphatic heterocycles. The molecule has 1 aromatic rings. The van der Waals surface area contributed by atoms with Gasteiger partial charge in [0, 0.05) is 19.6 Å². The van der Waals surface area contributed by atoms with Crippen molar-refractivity contribution in [3.05, 3.63) is 6.33 Å². The Bertz CT molecular complexity index is 272. The van der Waals surface area contributed by atoms with Gasteiger partial charge >= 0.3 is 0 Å². The second-order valence-electron chi connectivity index (χ2n) is 3.78. The van der Waals surface area contributed by atoms with Crippen molar-refractivity contribution >= 4 is 5.95 Å². The van der Waals surface area contributed by atoms with E-state index in [1.165, 1.54) is 0 Å². The van der Waals surface area contributed by atoms with Crippen LogP contribution in [0.25, 0.3) is 0 Å². The Hall–Kier alpha value is -1.10. The molecule has 0 amide bonds. The van der Waals surface area contributed by atoms with Gasteiger partial charge in [-0.15, -0.1) is 5.10 Å². The maximum Gasteiger partial charge on any atom is 0.239 e. The Kier molecular flexibility index (Phi) is 3.88. The minimum atomic E-state index is 0.324. The van der Waals surface area contributed by atoms with Crippen molar-refractivity contribution in [3.63, 3.8) is 0 Å². The van der Waals surface area contributed by atoms with Crippen LogP contribution in [0.2, 0.25) is 0 Å². The molecule has 0 bridgehead atoms. The molecule has 0 spiro atoms. The molecule has 5 heteroatoms. The second kappa shape index (κ2) is 4.95. The average Bonchev–Trinajstić information content (AvgIpc) is 2.50. The third-order valence-corrected chi connectivity index (χ3v) is 2.30. The van der Waals surface area contributed by atoms with Gasteiger partial charge in [0.2, 0.25) is 5.95 Å². The van der Waals surface area contributed by atoms with Crippen molar-refractivity contribution in [2.75, 3.05) is 19.5 Å². The molecule has 14 heavy (non-hydrogen) atoms. The maximum atomic E-state index is 5.43. The van der Waals surface area contributed by atoms with Crippen LogP contribution in [0.15, 0.2) is 6.33 Å². The molecule has 5 nitrogen and oxygen atoms in total. The fourth-order valence-corrected chi connectivity index (χ4v) is 1.31. The van der Waals surface area contributed by atoms with Crippen molar-refractivity contribution in [1.29, 1.82) is 0 Å². The topological polar surface area (TPSA) is 66.0 Å². The number of aromatic nitrogens is 3. The molecule has 0 saturated heterocycles. The number of nitrogen functional groups attached to an aromatic ring is 1. The lowest BCUT2D eigenvalue weighted by atomic mass is 9.97. The van der Waals surface area contributed by atoms with E-state index in [1.807, 2.05) is 0 Å². The minimum absolute atomic E-state index is 0.324. The van der Waals surface area contributed by atoms with E-state index in [1.54, 1.807) is 18.1 Å². The van der Waals surface area contributed by atoms with Gasteiger partial charge in [0.1, 0.15) is 6.33 Å². The number of nitrogens with zero attached hydrogens (tertiary/aromatic N) is 3. The Labute approximate surface area is 84.3 Å². The summed E-state index contributed by atoms with van der Waals surface area (Å²) < 4.78 is 6.91. The zero-order valence-electron chi connectivity index (χ0n) is 8.97. The van der Waals surface area contributed by atoms with Crippen LogP contribution in [0.1, 0.15) is 13.8 Å². The van der Waals surface area contributed by atoms with Crippen molar-refractivity contribution in [3.8, 4) is 0 Å². The van der Waals surface area contributed by atoms with E-state index in [-0.39, 0.29) is 0 Å². The molecule has 0 aromatic carbocycles. The van der Waals surface area contributed by atoms with Crippen LogP contribution in [-0.4, -0.2) is 28.5 Å². The summed E-state index contributed by atoms with van der Waals surface area (Å²) in [5.74, 6) is 1.33. The fourth-order valence-electron chi connectivity index (χ4n) is 1.31. The Balaban J connectivity index is 2.55. The normalized spacial score (nSPS) is 13.4. The molecule has 0 radical (unpaired) electrons. The Morgan fingerprint density at radius 2 is 2.29 bits per heavy atom. The molecule has 1 aromatic heterocycles. The summed E-state index contributed by atoms with van der Waals surface area (Å²) >= 11 is 0. The summed E-state index contributed by atoms with van der Waals surface area (Å²) in [6.45, 7) is 5.88. The van der Waals surface area contributed by atoms with Crippen molar-refractivity contribution < 1.29 is 4.74 Å². The first kappa shape index (κ1) is 11.0. The lowest BCUT2D eigenvalue weighted by Gasteiger charge is -2.19. The van der Waals surface area contributed by atoms with Gasteiger partial charge in [0.25, 0.3) is 0 Å². The SMILES string of the molecule is COCC(Cn1cnc(N)n1)C(C)C. The van der Waals surface area contributed by atoms with Crippen LogP contribution in [0.3, 0.4) is 0 Å². The summed E-state index contributed by atoms with van der Waals surface area (Å²) in [6.07, 6.45) is 1.65. The molecule has 1 rings (SSSR count). The predicted octanol–water partition coefficient (Wildman–Crippen LogP) is 0.779. The number of anilines is 1. The van der Waals surface area contributed by atoms with Crippen LogP contribution in [0.5, 0.6) is 0 Å². The third-order valence-electron chi connectivity index (χ3n) is 2.30. The van der Waals surface area contributed by atoms with E-state index in [0.717, 1.165) is 13.2 Å². The lowest BCUT2D eigenvalue weighted by Crippen LogP contribution is -2.21. The maximum absolute atomic E-state index is 5.43. The highest BCUT2D eigenvalue weighted by Crippen LogP contribution is 2.13. The fraction of sp³-hybridized carbons (Fsp3) is 0.778. The van der Waals surface area contributed by atoms with Gasteiger partial charge < -0.3 is 10.5 Å². The van der Waals surface area contributed by atoms with E-state index in [2.05, 4.69) is 23.9 Å². The van der Waals surface area contributed by atoms with E-state index in [4.69, 9.17) is 10.5 Å². The molecule has 2 N–H and O–H groups in total. The van der Waals surface area contributed by atoms with Crippen LogP contribution < -0.4 is 5.73 Å². The van der Waals surface area contributed by atoms with Crippen LogP contribution in [0.4, 0.5) is 5.95 Å². The molecular weight excluding hydrogens is 180 g/mol. The molecule has 80 valence electrons. The number of nitrogens with two attached hydrogens (primary N) is 1. The number of hydrogen-bond donors (Lipinski definition) is 1. The highest BCUT2D eigenvalue weighted by atomic mass is 16.5. The minimum Gasteiger partial charge on any atom is -0.384 e. The standard InChI is InChI=1S/C9H18N4O/c1-7(2)8(5-14-3)4-13-6-11-9(10)12-13/h6-8H,4-5H2,1-3H3,(H2,10,12). The number of hydrogen-bond acceptors (Lipinski definition) is 4. The first-order valence-corrected chi connectivity index (χ1v) is 4.77. The van der Waals surface area contributed by atoms with E-state index in [9.17, 15) is 0 Å². The molecule has 1 heterocycles. The lowest BCUT2D eigenvalue weighted by molar-refractivity contribution is 0.116. The monoisotopic (exact) mass is 198 g/mol. The molecular formula is C9H18N4O. The van der Waals surface area contributed by atoms with Gasteiger partial charge in [-0.1, -0.05) is 13.8 Å². The smallest absolute Gasteiger partial charge is 0.239 e. The predicted molar refractivity (Wildman–Crippen MR) is 54.6 cm³/mol. The second-order valence-corrected chi connectivity index (χ2v) is 3.78. The van der Waals surface area contributed by atoms with Crippen molar-refractivity contribution in [1.82, 2.24) is 14.8 Å². The summed E-state index contributed by atoms with van der Waals surface area (Å²) in [5, 5.41) is 4.04. The average molecular weight is 198 g/mol. The summed E-state index contributed by atoms with van der Waals surface area (Å²) in [4.78, 5) is 3.88. The first-order valence-electron chi connectivity index (χ1n) is 4.77. The molecule has 1 atom stereocenters. The van der Waals surface area contributed by atoms with Crippen molar-refractivity contribution in [2.45, 2.75) is 20.4 Å². The van der Waals surface area contributed by atoms with Gasteiger partial charge in [0.05, 0.1) is 6.61 Å². The van der Waals surface area contributed by atoms with E-state index >= 15 is 0 Å². The Morgan fingerprint density at radius 1 is 1.57 bits per heavy atom. The van der Waals surface area contributed by atoms with Gasteiger partial charge in [-0.05, 0) is 5.92 Å². The highest BCUT2D eigenvalue weighted by Gasteiger charge is 2.14. The summed E-state index contributed by atoms with van der Waals surface area (Å²) in [7, 11) is 1.71. The van der Waals surface area contributed by atoms with Crippen LogP contribution >= 0.6 is 0 Å². The largest absolute Gasteiger partial charge is 0.384 e. The van der Waals surface area contributed by atoms with Gasteiger partial charge in [-0.2, -0.15) is 0 Å². The zero-order valence-corrected chi connectivity index (χ0v) is 8.97. The van der Waals surface area contributed by atoms with Gasteiger partial charge in [0.15, 0.2) is 0 Å². The molecule has 0 saturated carbocycles. The van der Waals surface area contributed by atoms with Crippen LogP contribution in [-0.2, 0) is 11.3 Å². The zero-order chi connectivity index (χ0) is 10.6. The summed E-state index contributed by atoms with van der Waals surface area (Å²) in [6, 6.07) is 0. The number of ether oxygens (including phenoxy) is 1. The molecule has 0 fully saturated rings.